The van der Waals surface area contributed by atoms with E-state index >= 15 is 0 Å². The summed E-state index contributed by atoms with van der Waals surface area (Å²) >= 11 is 5.90. The number of anilines is 2. The fourth-order valence-electron chi connectivity index (χ4n) is 3.09. The molecule has 2 aromatic rings. The molecular formula is C18H17ClN2O3S. The highest BCUT2D eigenvalue weighted by atomic mass is 35.5. The number of sulfonamides is 1. The average molecular weight is 377 g/mol. The fraction of sp³-hybridized carbons (Fsp3) is 0.278. The maximum Gasteiger partial charge on any atom is 0.261 e. The lowest BCUT2D eigenvalue weighted by Crippen LogP contribution is -2.30. The van der Waals surface area contributed by atoms with Crippen LogP contribution in [0.4, 0.5) is 11.4 Å². The van der Waals surface area contributed by atoms with Gasteiger partial charge in [0.2, 0.25) is 5.91 Å². The lowest BCUT2D eigenvalue weighted by Gasteiger charge is -2.17. The number of carbonyl (C=O) groups excluding carboxylic acids is 1. The molecule has 7 heteroatoms. The average Bonchev–Trinajstić information content (AvgIpc) is 3.33. The van der Waals surface area contributed by atoms with Crippen LogP contribution in [0.25, 0.3) is 0 Å². The van der Waals surface area contributed by atoms with E-state index in [2.05, 4.69) is 4.72 Å². The predicted octanol–water partition coefficient (Wildman–Crippen LogP) is 3.44. The van der Waals surface area contributed by atoms with Crippen LogP contribution in [0.2, 0.25) is 5.02 Å². The molecule has 25 heavy (non-hydrogen) atoms. The molecule has 1 amide bonds. The van der Waals surface area contributed by atoms with Crippen LogP contribution < -0.4 is 9.62 Å². The number of hydrogen-bond donors (Lipinski definition) is 1. The Morgan fingerprint density at radius 3 is 2.68 bits per heavy atom. The van der Waals surface area contributed by atoms with Crippen molar-refractivity contribution in [3.63, 3.8) is 0 Å². The molecule has 0 bridgehead atoms. The van der Waals surface area contributed by atoms with Gasteiger partial charge in [-0.3, -0.25) is 9.52 Å². The summed E-state index contributed by atoms with van der Waals surface area (Å²) in [5.74, 6) is 0.310. The molecule has 0 saturated heterocycles. The topological polar surface area (TPSA) is 66.5 Å². The summed E-state index contributed by atoms with van der Waals surface area (Å²) in [6, 6.07) is 11.5. The van der Waals surface area contributed by atoms with E-state index in [9.17, 15) is 13.2 Å². The van der Waals surface area contributed by atoms with Gasteiger partial charge < -0.3 is 4.90 Å². The van der Waals surface area contributed by atoms with Gasteiger partial charge >= 0.3 is 0 Å². The van der Waals surface area contributed by atoms with E-state index in [0.717, 1.165) is 24.1 Å². The SMILES string of the molecule is O=C(C1CC1)N1CCc2cc(S(=O)(=O)Nc3cccc(Cl)c3)ccc21. The molecule has 0 spiro atoms. The first-order valence-corrected chi connectivity index (χ1v) is 10.0. The molecule has 0 atom stereocenters. The number of rotatable bonds is 4. The molecule has 1 fully saturated rings. The zero-order valence-electron chi connectivity index (χ0n) is 13.4. The quantitative estimate of drug-likeness (QED) is 0.888. The number of fused-ring (bicyclic) bond motifs is 1. The van der Waals surface area contributed by atoms with Crippen molar-refractivity contribution in [3.05, 3.63) is 53.1 Å². The number of hydrogen-bond acceptors (Lipinski definition) is 3. The second-order valence-corrected chi connectivity index (χ2v) is 8.54. The molecule has 1 heterocycles. The summed E-state index contributed by atoms with van der Waals surface area (Å²) in [4.78, 5) is 14.3. The maximum atomic E-state index is 12.6. The van der Waals surface area contributed by atoms with Crippen LogP contribution in [0.5, 0.6) is 0 Å². The van der Waals surface area contributed by atoms with Gasteiger partial charge in [0.25, 0.3) is 10.0 Å². The minimum atomic E-state index is -3.71. The van der Waals surface area contributed by atoms with E-state index in [1.807, 2.05) is 0 Å². The fourth-order valence-corrected chi connectivity index (χ4v) is 4.38. The third kappa shape index (κ3) is 3.24. The van der Waals surface area contributed by atoms with Gasteiger partial charge in [0.15, 0.2) is 0 Å². The second-order valence-electron chi connectivity index (χ2n) is 6.42. The van der Waals surface area contributed by atoms with E-state index in [0.29, 0.717) is 23.7 Å². The van der Waals surface area contributed by atoms with Gasteiger partial charge in [-0.2, -0.15) is 0 Å². The molecule has 2 aliphatic rings. The Morgan fingerprint density at radius 2 is 1.96 bits per heavy atom. The summed E-state index contributed by atoms with van der Waals surface area (Å²) in [5.41, 5.74) is 2.14. The Hall–Kier alpha value is -2.05. The highest BCUT2D eigenvalue weighted by Crippen LogP contribution is 2.37. The summed E-state index contributed by atoms with van der Waals surface area (Å²) in [6.45, 7) is 0.621. The molecule has 1 aliphatic carbocycles. The molecule has 0 radical (unpaired) electrons. The zero-order chi connectivity index (χ0) is 17.6. The summed E-state index contributed by atoms with van der Waals surface area (Å²) in [6.07, 6.45) is 2.59. The standard InChI is InChI=1S/C18H17ClN2O3S/c19-14-2-1-3-15(11-14)20-25(23,24)16-6-7-17-13(10-16)8-9-21(17)18(22)12-4-5-12/h1-3,6-7,10-12,20H,4-5,8-9H2. The number of amides is 1. The second kappa shape index (κ2) is 6.04. The number of halogens is 1. The molecule has 1 aliphatic heterocycles. The molecule has 0 unspecified atom stereocenters. The molecule has 1 saturated carbocycles. The third-order valence-electron chi connectivity index (χ3n) is 4.53. The lowest BCUT2D eigenvalue weighted by atomic mass is 10.2. The highest BCUT2D eigenvalue weighted by Gasteiger charge is 2.36. The highest BCUT2D eigenvalue weighted by molar-refractivity contribution is 7.92. The van der Waals surface area contributed by atoms with Crippen LogP contribution in [0.15, 0.2) is 47.4 Å². The van der Waals surface area contributed by atoms with E-state index in [1.165, 1.54) is 0 Å². The molecule has 5 nitrogen and oxygen atoms in total. The number of nitrogens with one attached hydrogen (secondary N) is 1. The molecule has 1 N–H and O–H groups in total. The molecule has 2 aromatic carbocycles. The van der Waals surface area contributed by atoms with E-state index in [4.69, 9.17) is 11.6 Å². The van der Waals surface area contributed by atoms with Crippen LogP contribution in [-0.2, 0) is 21.2 Å². The van der Waals surface area contributed by atoms with Crippen LogP contribution in [0.3, 0.4) is 0 Å². The molecule has 4 rings (SSSR count). The van der Waals surface area contributed by atoms with Crippen molar-refractivity contribution in [2.75, 3.05) is 16.2 Å². The van der Waals surface area contributed by atoms with Crippen LogP contribution >= 0.6 is 11.6 Å². The van der Waals surface area contributed by atoms with Gasteiger partial charge in [-0.15, -0.1) is 0 Å². The smallest absolute Gasteiger partial charge is 0.261 e. The van der Waals surface area contributed by atoms with E-state index in [1.54, 1.807) is 47.4 Å². The maximum absolute atomic E-state index is 12.6. The Morgan fingerprint density at radius 1 is 1.16 bits per heavy atom. The summed E-state index contributed by atoms with van der Waals surface area (Å²) in [7, 11) is -3.71. The van der Waals surface area contributed by atoms with Gasteiger partial charge in [0.1, 0.15) is 0 Å². The number of benzene rings is 2. The molecule has 130 valence electrons. The third-order valence-corrected chi connectivity index (χ3v) is 6.14. The van der Waals surface area contributed by atoms with Crippen LogP contribution in [0.1, 0.15) is 18.4 Å². The van der Waals surface area contributed by atoms with Gasteiger partial charge in [-0.25, -0.2) is 8.42 Å². The minimum Gasteiger partial charge on any atom is -0.312 e. The Bertz CT molecular complexity index is 955. The summed E-state index contributed by atoms with van der Waals surface area (Å²) in [5, 5.41) is 0.461. The van der Waals surface area contributed by atoms with E-state index < -0.39 is 10.0 Å². The lowest BCUT2D eigenvalue weighted by molar-refractivity contribution is -0.119. The first kappa shape index (κ1) is 16.4. The van der Waals surface area contributed by atoms with Crippen molar-refractivity contribution in [3.8, 4) is 0 Å². The zero-order valence-corrected chi connectivity index (χ0v) is 15.0. The van der Waals surface area contributed by atoms with Gasteiger partial charge in [-0.1, -0.05) is 17.7 Å². The van der Waals surface area contributed by atoms with Crippen molar-refractivity contribution in [2.45, 2.75) is 24.2 Å². The monoisotopic (exact) mass is 376 g/mol. The largest absolute Gasteiger partial charge is 0.312 e. The van der Waals surface area contributed by atoms with Crippen molar-refractivity contribution in [1.29, 1.82) is 0 Å². The van der Waals surface area contributed by atoms with Gasteiger partial charge in [0.05, 0.1) is 10.6 Å². The number of nitrogens with zero attached hydrogens (tertiary/aromatic N) is 1. The first-order valence-electron chi connectivity index (χ1n) is 8.17. The first-order chi connectivity index (χ1) is 11.9. The molecular weight excluding hydrogens is 360 g/mol. The van der Waals surface area contributed by atoms with Gasteiger partial charge in [-0.05, 0) is 61.2 Å². The van der Waals surface area contributed by atoms with Crippen LogP contribution in [-0.4, -0.2) is 20.9 Å². The normalized spacial score (nSPS) is 16.6. The van der Waals surface area contributed by atoms with Crippen molar-refractivity contribution in [1.82, 2.24) is 0 Å². The molecule has 0 aromatic heterocycles. The van der Waals surface area contributed by atoms with E-state index in [-0.39, 0.29) is 16.7 Å². The Kier molecular flexibility index (Phi) is 3.96. The van der Waals surface area contributed by atoms with Crippen molar-refractivity contribution >= 4 is 38.9 Å². The van der Waals surface area contributed by atoms with Crippen LogP contribution in [0, 0.1) is 5.92 Å². The number of carbonyl (C=O) groups is 1. The van der Waals surface area contributed by atoms with Crippen molar-refractivity contribution < 1.29 is 13.2 Å². The Labute approximate surface area is 151 Å². The van der Waals surface area contributed by atoms with Crippen molar-refractivity contribution in [2.24, 2.45) is 5.92 Å². The Balaban J connectivity index is 1.60. The minimum absolute atomic E-state index is 0.152. The van der Waals surface area contributed by atoms with Gasteiger partial charge in [0, 0.05) is 23.2 Å². The summed E-state index contributed by atoms with van der Waals surface area (Å²) < 4.78 is 27.8. The predicted molar refractivity (Wildman–Crippen MR) is 97.5 cm³/mol.